The van der Waals surface area contributed by atoms with E-state index in [0.29, 0.717) is 11.5 Å². The molecule has 1 aromatic carbocycles. The molecule has 0 aliphatic rings. The van der Waals surface area contributed by atoms with Crippen molar-refractivity contribution in [2.24, 2.45) is 0 Å². The third kappa shape index (κ3) is 2.82. The lowest BCUT2D eigenvalue weighted by Crippen LogP contribution is -1.88. The van der Waals surface area contributed by atoms with Gasteiger partial charge in [-0.15, -0.1) is 36.4 Å². The topological polar surface area (TPSA) is 12.9 Å². The van der Waals surface area contributed by atoms with E-state index in [0.717, 1.165) is 15.8 Å². The summed E-state index contributed by atoms with van der Waals surface area (Å²) in [6, 6.07) is 8.07. The molecule has 0 saturated carbocycles. The predicted octanol–water partition coefficient (Wildman–Crippen LogP) is 3.69. The third-order valence-corrected chi connectivity index (χ3v) is 4.40. The van der Waals surface area contributed by atoms with E-state index < -0.39 is 0 Å². The lowest BCUT2D eigenvalue weighted by molar-refractivity contribution is 1.20. The van der Waals surface area contributed by atoms with Crippen molar-refractivity contribution in [1.29, 1.82) is 0 Å². The highest BCUT2D eigenvalue weighted by Gasteiger charge is 2.08. The Kier molecular flexibility index (Phi) is 4.59. The van der Waals surface area contributed by atoms with Crippen LogP contribution in [0.5, 0.6) is 0 Å². The van der Waals surface area contributed by atoms with Crippen molar-refractivity contribution in [3.05, 3.63) is 30.5 Å². The van der Waals surface area contributed by atoms with Crippen LogP contribution in [0.2, 0.25) is 0 Å². The van der Waals surface area contributed by atoms with Crippen molar-refractivity contribution < 1.29 is 0 Å². The fourth-order valence-corrected chi connectivity index (χ4v) is 3.29. The summed E-state index contributed by atoms with van der Waals surface area (Å²) < 4.78 is 0. The van der Waals surface area contributed by atoms with Crippen molar-refractivity contribution in [2.45, 2.75) is 9.79 Å². The molecule has 0 bridgehead atoms. The predicted molar refractivity (Wildman–Crippen MR) is 80.9 cm³/mol. The second-order valence-corrected chi connectivity index (χ2v) is 5.46. The Morgan fingerprint density at radius 2 is 1.78 bits per heavy atom. The van der Waals surface area contributed by atoms with Crippen LogP contribution in [0.4, 0.5) is 0 Å². The number of fused-ring (bicyclic) bond motifs is 1. The van der Waals surface area contributed by atoms with Crippen molar-refractivity contribution in [2.75, 3.05) is 11.5 Å². The van der Waals surface area contributed by atoms with Gasteiger partial charge < -0.3 is 0 Å². The van der Waals surface area contributed by atoms with Crippen LogP contribution in [-0.4, -0.2) is 16.5 Å². The maximum atomic E-state index is 5.35. The van der Waals surface area contributed by atoms with E-state index in [2.05, 4.69) is 22.9 Å². The SMILES string of the molecule is C#CCSc1cnc2ccccc2c1SCC#C. The number of hydrogen-bond donors (Lipinski definition) is 0. The van der Waals surface area contributed by atoms with Crippen LogP contribution in [0, 0.1) is 24.7 Å². The molecule has 2 aromatic rings. The Morgan fingerprint density at radius 1 is 1.06 bits per heavy atom. The van der Waals surface area contributed by atoms with Crippen molar-refractivity contribution in [1.82, 2.24) is 4.98 Å². The van der Waals surface area contributed by atoms with Crippen LogP contribution >= 0.6 is 23.5 Å². The number of benzene rings is 1. The molecular weight excluding hydrogens is 258 g/mol. The van der Waals surface area contributed by atoms with Gasteiger partial charge in [0.15, 0.2) is 0 Å². The number of pyridine rings is 1. The minimum Gasteiger partial charge on any atom is -0.255 e. The fourth-order valence-electron chi connectivity index (χ4n) is 1.58. The minimum atomic E-state index is 0.642. The monoisotopic (exact) mass is 269 g/mol. The fraction of sp³-hybridized carbons (Fsp3) is 0.133. The molecule has 0 fully saturated rings. The van der Waals surface area contributed by atoms with Gasteiger partial charge in [-0.1, -0.05) is 30.0 Å². The summed E-state index contributed by atoms with van der Waals surface area (Å²) in [5.74, 6) is 6.58. The van der Waals surface area contributed by atoms with Gasteiger partial charge in [-0.3, -0.25) is 4.98 Å². The first-order valence-electron chi connectivity index (χ1n) is 5.37. The molecule has 1 heterocycles. The number of para-hydroxylation sites is 1. The molecule has 0 atom stereocenters. The van der Waals surface area contributed by atoms with E-state index in [1.54, 1.807) is 23.5 Å². The van der Waals surface area contributed by atoms with Crippen LogP contribution < -0.4 is 0 Å². The summed E-state index contributed by atoms with van der Waals surface area (Å²) in [4.78, 5) is 6.73. The number of terminal acetylenes is 2. The number of nitrogens with zero attached hydrogens (tertiary/aromatic N) is 1. The first-order chi connectivity index (χ1) is 8.86. The number of rotatable bonds is 4. The Morgan fingerprint density at radius 3 is 2.56 bits per heavy atom. The highest BCUT2D eigenvalue weighted by molar-refractivity contribution is 8.02. The molecule has 1 aromatic heterocycles. The molecule has 0 aliphatic carbocycles. The molecule has 0 radical (unpaired) electrons. The van der Waals surface area contributed by atoms with E-state index in [-0.39, 0.29) is 0 Å². The maximum Gasteiger partial charge on any atom is 0.0714 e. The Labute approximate surface area is 116 Å². The number of hydrogen-bond acceptors (Lipinski definition) is 3. The van der Waals surface area contributed by atoms with Gasteiger partial charge in [-0.25, -0.2) is 0 Å². The molecule has 18 heavy (non-hydrogen) atoms. The van der Waals surface area contributed by atoms with Crippen LogP contribution in [0.25, 0.3) is 10.9 Å². The third-order valence-electron chi connectivity index (χ3n) is 2.30. The molecule has 3 heteroatoms. The standard InChI is InChI=1S/C15H11NS2/c1-3-9-17-14-11-16-13-8-6-5-7-12(13)15(14)18-10-4-2/h1-2,5-8,11H,9-10H2. The van der Waals surface area contributed by atoms with E-state index in [9.17, 15) is 0 Å². The Bertz CT molecular complexity index is 635. The highest BCUT2D eigenvalue weighted by atomic mass is 32.2. The van der Waals surface area contributed by atoms with E-state index >= 15 is 0 Å². The van der Waals surface area contributed by atoms with Crippen molar-refractivity contribution in [3.63, 3.8) is 0 Å². The summed E-state index contributed by atoms with van der Waals surface area (Å²) in [6.07, 6.45) is 12.5. The van der Waals surface area contributed by atoms with Gasteiger partial charge in [0.25, 0.3) is 0 Å². The lowest BCUT2D eigenvalue weighted by Gasteiger charge is -2.09. The first kappa shape index (κ1) is 12.9. The van der Waals surface area contributed by atoms with Gasteiger partial charge >= 0.3 is 0 Å². The first-order valence-corrected chi connectivity index (χ1v) is 7.34. The molecule has 0 unspecified atom stereocenters. The van der Waals surface area contributed by atoms with Crippen LogP contribution in [0.3, 0.4) is 0 Å². The van der Waals surface area contributed by atoms with Gasteiger partial charge in [-0.2, -0.15) is 0 Å². The molecule has 1 nitrogen and oxygen atoms in total. The van der Waals surface area contributed by atoms with Gasteiger partial charge in [0.05, 0.1) is 17.0 Å². The van der Waals surface area contributed by atoms with E-state index in [1.165, 1.54) is 4.90 Å². The lowest BCUT2D eigenvalue weighted by atomic mass is 10.2. The van der Waals surface area contributed by atoms with Gasteiger partial charge in [0, 0.05) is 21.4 Å². The molecule has 0 amide bonds. The van der Waals surface area contributed by atoms with Crippen LogP contribution in [0.15, 0.2) is 40.3 Å². The Balaban J connectivity index is 2.49. The van der Waals surface area contributed by atoms with E-state index in [4.69, 9.17) is 12.8 Å². The molecule has 0 N–H and O–H groups in total. The van der Waals surface area contributed by atoms with Crippen LogP contribution in [-0.2, 0) is 0 Å². The molecule has 88 valence electrons. The molecule has 2 rings (SSSR count). The molecule has 0 spiro atoms. The van der Waals surface area contributed by atoms with Crippen LogP contribution in [0.1, 0.15) is 0 Å². The zero-order chi connectivity index (χ0) is 12.8. The zero-order valence-corrected chi connectivity index (χ0v) is 11.4. The number of aromatic nitrogens is 1. The average molecular weight is 269 g/mol. The summed E-state index contributed by atoms with van der Waals surface area (Å²) in [7, 11) is 0. The smallest absolute Gasteiger partial charge is 0.0714 e. The second-order valence-electron chi connectivity index (χ2n) is 3.45. The summed E-state index contributed by atoms with van der Waals surface area (Å²) in [5.41, 5.74) is 0.988. The van der Waals surface area contributed by atoms with Crippen molar-refractivity contribution >= 4 is 34.4 Å². The van der Waals surface area contributed by atoms with E-state index in [1.807, 2.05) is 24.4 Å². The Hall–Kier alpha value is -1.55. The van der Waals surface area contributed by atoms with Crippen molar-refractivity contribution in [3.8, 4) is 24.7 Å². The molecular formula is C15H11NS2. The number of thioether (sulfide) groups is 2. The highest BCUT2D eigenvalue weighted by Crippen LogP contribution is 2.35. The minimum absolute atomic E-state index is 0.642. The summed E-state index contributed by atoms with van der Waals surface area (Å²) >= 11 is 3.29. The zero-order valence-electron chi connectivity index (χ0n) is 9.72. The van der Waals surface area contributed by atoms with Gasteiger partial charge in [0.2, 0.25) is 0 Å². The van der Waals surface area contributed by atoms with Gasteiger partial charge in [-0.05, 0) is 6.07 Å². The quantitative estimate of drug-likeness (QED) is 0.620. The normalized spacial score (nSPS) is 9.89. The maximum absolute atomic E-state index is 5.35. The summed E-state index contributed by atoms with van der Waals surface area (Å²) in [5, 5.41) is 1.14. The largest absolute Gasteiger partial charge is 0.255 e. The molecule has 0 aliphatic heterocycles. The summed E-state index contributed by atoms with van der Waals surface area (Å²) in [6.45, 7) is 0. The molecule has 0 saturated heterocycles. The van der Waals surface area contributed by atoms with Gasteiger partial charge in [0.1, 0.15) is 0 Å². The average Bonchev–Trinajstić information content (AvgIpc) is 2.43. The second kappa shape index (κ2) is 6.40.